The average Bonchev–Trinajstić information content (AvgIpc) is 2.74. The van der Waals surface area contributed by atoms with Gasteiger partial charge in [-0.05, 0) is 31.0 Å². The number of likely N-dealkylation sites (N-methyl/N-ethyl adjacent to an activating group) is 1. The molecule has 0 bridgehead atoms. The molecule has 1 fully saturated rings. The van der Waals surface area contributed by atoms with E-state index in [1.54, 1.807) is 7.05 Å². The molecule has 0 aliphatic carbocycles. The zero-order chi connectivity index (χ0) is 17.0. The number of carbonyl (C=O) groups is 3. The van der Waals surface area contributed by atoms with Crippen molar-refractivity contribution in [1.82, 2.24) is 15.1 Å². The third-order valence-electron chi connectivity index (χ3n) is 3.76. The first-order valence-electron chi connectivity index (χ1n) is 7.49. The van der Waals surface area contributed by atoms with E-state index < -0.39 is 0 Å². The maximum Gasteiger partial charge on any atom is 0.326 e. The second kappa shape index (κ2) is 7.59. The Morgan fingerprint density at radius 1 is 1.30 bits per heavy atom. The maximum absolute atomic E-state index is 12.0. The van der Waals surface area contributed by atoms with Gasteiger partial charge in [0.15, 0.2) is 0 Å². The van der Waals surface area contributed by atoms with Gasteiger partial charge in [0.1, 0.15) is 6.54 Å². The summed E-state index contributed by atoms with van der Waals surface area (Å²) < 4.78 is 0.990. The number of rotatable bonds is 6. The van der Waals surface area contributed by atoms with Crippen LogP contribution in [-0.2, 0) is 9.59 Å². The summed E-state index contributed by atoms with van der Waals surface area (Å²) in [6.07, 6.45) is 0.742. The van der Waals surface area contributed by atoms with Crippen LogP contribution in [0.3, 0.4) is 0 Å². The Bertz CT molecular complexity index is 603. The van der Waals surface area contributed by atoms with Crippen molar-refractivity contribution in [3.63, 3.8) is 0 Å². The van der Waals surface area contributed by atoms with Crippen molar-refractivity contribution in [2.75, 3.05) is 20.1 Å². The van der Waals surface area contributed by atoms with Gasteiger partial charge in [0.2, 0.25) is 11.8 Å². The summed E-state index contributed by atoms with van der Waals surface area (Å²) in [6.45, 7) is 2.32. The SMILES string of the molecule is CC(NC(=O)CCCN1C(=O)CN(C)C1=O)c1ccc(Br)cc1. The number of nitrogens with zero attached hydrogens (tertiary/aromatic N) is 2. The first-order valence-corrected chi connectivity index (χ1v) is 8.28. The van der Waals surface area contributed by atoms with E-state index in [1.165, 1.54) is 9.80 Å². The summed E-state index contributed by atoms with van der Waals surface area (Å²) in [5.74, 6) is -0.297. The second-order valence-electron chi connectivity index (χ2n) is 5.63. The van der Waals surface area contributed by atoms with Crippen LogP contribution in [0.15, 0.2) is 28.7 Å². The fourth-order valence-corrected chi connectivity index (χ4v) is 2.70. The summed E-state index contributed by atoms with van der Waals surface area (Å²) in [7, 11) is 1.59. The Balaban J connectivity index is 1.76. The highest BCUT2D eigenvalue weighted by Crippen LogP contribution is 2.16. The Hall–Kier alpha value is -1.89. The van der Waals surface area contributed by atoms with Crippen molar-refractivity contribution in [1.29, 1.82) is 0 Å². The molecule has 7 heteroatoms. The van der Waals surface area contributed by atoms with Crippen LogP contribution in [0.5, 0.6) is 0 Å². The lowest BCUT2D eigenvalue weighted by atomic mass is 10.1. The number of carbonyl (C=O) groups excluding carboxylic acids is 3. The van der Waals surface area contributed by atoms with Crippen LogP contribution in [0.4, 0.5) is 4.79 Å². The maximum atomic E-state index is 12.0. The van der Waals surface area contributed by atoms with Crippen LogP contribution < -0.4 is 5.32 Å². The Labute approximate surface area is 143 Å². The van der Waals surface area contributed by atoms with Gasteiger partial charge in [-0.3, -0.25) is 14.5 Å². The zero-order valence-corrected chi connectivity index (χ0v) is 14.8. The smallest absolute Gasteiger partial charge is 0.326 e. The number of urea groups is 1. The van der Waals surface area contributed by atoms with Gasteiger partial charge in [0, 0.05) is 24.5 Å². The lowest BCUT2D eigenvalue weighted by Crippen LogP contribution is -2.33. The number of hydrogen-bond acceptors (Lipinski definition) is 3. The summed E-state index contributed by atoms with van der Waals surface area (Å²) in [5.41, 5.74) is 1.02. The minimum atomic E-state index is -0.293. The van der Waals surface area contributed by atoms with Crippen molar-refractivity contribution in [2.24, 2.45) is 0 Å². The lowest BCUT2D eigenvalue weighted by molar-refractivity contribution is -0.126. The predicted molar refractivity (Wildman–Crippen MR) is 89.7 cm³/mol. The molecule has 1 N–H and O–H groups in total. The molecule has 1 aliphatic rings. The zero-order valence-electron chi connectivity index (χ0n) is 13.2. The number of benzene rings is 1. The van der Waals surface area contributed by atoms with Crippen LogP contribution in [0.2, 0.25) is 0 Å². The largest absolute Gasteiger partial charge is 0.350 e. The minimum Gasteiger partial charge on any atom is -0.350 e. The van der Waals surface area contributed by atoms with Crippen molar-refractivity contribution in [3.05, 3.63) is 34.3 Å². The molecule has 1 heterocycles. The highest BCUT2D eigenvalue weighted by molar-refractivity contribution is 9.10. The summed E-state index contributed by atoms with van der Waals surface area (Å²) in [6, 6.07) is 7.38. The van der Waals surface area contributed by atoms with Gasteiger partial charge in [0.25, 0.3) is 0 Å². The van der Waals surface area contributed by atoms with E-state index >= 15 is 0 Å². The Kier molecular flexibility index (Phi) is 5.76. The highest BCUT2D eigenvalue weighted by atomic mass is 79.9. The van der Waals surface area contributed by atoms with Gasteiger partial charge in [-0.2, -0.15) is 0 Å². The van der Waals surface area contributed by atoms with Gasteiger partial charge in [-0.25, -0.2) is 4.79 Å². The summed E-state index contributed by atoms with van der Waals surface area (Å²) >= 11 is 3.38. The molecule has 124 valence electrons. The molecule has 4 amide bonds. The molecule has 0 radical (unpaired) electrons. The van der Waals surface area contributed by atoms with E-state index in [0.717, 1.165) is 10.0 Å². The molecule has 6 nitrogen and oxygen atoms in total. The standard InChI is InChI=1S/C16H20BrN3O3/c1-11(12-5-7-13(17)8-6-12)18-14(21)4-3-9-20-15(22)10-19(2)16(20)23/h5-8,11H,3-4,9-10H2,1-2H3,(H,18,21). The van der Waals surface area contributed by atoms with Crippen LogP contribution in [0, 0.1) is 0 Å². The van der Waals surface area contributed by atoms with E-state index in [2.05, 4.69) is 21.2 Å². The Morgan fingerprint density at radius 3 is 2.52 bits per heavy atom. The molecule has 1 saturated heterocycles. The summed E-state index contributed by atoms with van der Waals surface area (Å²) in [4.78, 5) is 37.9. The van der Waals surface area contributed by atoms with Crippen LogP contribution in [0.1, 0.15) is 31.4 Å². The highest BCUT2D eigenvalue weighted by Gasteiger charge is 2.32. The number of hydrogen-bond donors (Lipinski definition) is 1. The second-order valence-corrected chi connectivity index (χ2v) is 6.54. The molecule has 0 aromatic heterocycles. The first-order chi connectivity index (χ1) is 10.9. The van der Waals surface area contributed by atoms with Crippen molar-refractivity contribution >= 4 is 33.8 Å². The normalized spacial score (nSPS) is 16.0. The van der Waals surface area contributed by atoms with Crippen LogP contribution in [0.25, 0.3) is 0 Å². The monoisotopic (exact) mass is 381 g/mol. The van der Waals surface area contributed by atoms with E-state index in [9.17, 15) is 14.4 Å². The minimum absolute atomic E-state index is 0.0863. The predicted octanol–water partition coefficient (Wildman–Crippen LogP) is 2.30. The van der Waals surface area contributed by atoms with Crippen molar-refractivity contribution < 1.29 is 14.4 Å². The molecular weight excluding hydrogens is 362 g/mol. The van der Waals surface area contributed by atoms with E-state index in [4.69, 9.17) is 0 Å². The molecule has 1 unspecified atom stereocenters. The molecule has 1 aromatic carbocycles. The molecular formula is C16H20BrN3O3. The van der Waals surface area contributed by atoms with Gasteiger partial charge in [-0.1, -0.05) is 28.1 Å². The van der Waals surface area contributed by atoms with Gasteiger partial charge in [0.05, 0.1) is 6.04 Å². The Morgan fingerprint density at radius 2 is 1.96 bits per heavy atom. The number of halogens is 1. The number of nitrogens with one attached hydrogen (secondary N) is 1. The van der Waals surface area contributed by atoms with Crippen LogP contribution in [-0.4, -0.2) is 47.8 Å². The fourth-order valence-electron chi connectivity index (χ4n) is 2.44. The molecule has 0 saturated carbocycles. The van der Waals surface area contributed by atoms with Crippen molar-refractivity contribution in [2.45, 2.75) is 25.8 Å². The van der Waals surface area contributed by atoms with E-state index in [1.807, 2.05) is 31.2 Å². The molecule has 1 aromatic rings. The third kappa shape index (κ3) is 4.54. The molecule has 23 heavy (non-hydrogen) atoms. The van der Waals surface area contributed by atoms with Crippen LogP contribution >= 0.6 is 15.9 Å². The summed E-state index contributed by atoms with van der Waals surface area (Å²) in [5, 5.41) is 2.92. The molecule has 0 spiro atoms. The number of amides is 4. The molecule has 2 rings (SSSR count). The van der Waals surface area contributed by atoms with E-state index in [0.29, 0.717) is 6.42 Å². The first kappa shape index (κ1) is 17.5. The average molecular weight is 382 g/mol. The van der Waals surface area contributed by atoms with Gasteiger partial charge >= 0.3 is 6.03 Å². The van der Waals surface area contributed by atoms with Crippen molar-refractivity contribution in [3.8, 4) is 0 Å². The molecule has 1 aliphatic heterocycles. The van der Waals surface area contributed by atoms with Gasteiger partial charge in [-0.15, -0.1) is 0 Å². The topological polar surface area (TPSA) is 69.7 Å². The third-order valence-corrected chi connectivity index (χ3v) is 4.29. The van der Waals surface area contributed by atoms with E-state index in [-0.39, 0.29) is 43.4 Å². The quantitative estimate of drug-likeness (QED) is 0.768. The lowest BCUT2D eigenvalue weighted by Gasteiger charge is -2.16. The fraction of sp³-hybridized carbons (Fsp3) is 0.438. The van der Waals surface area contributed by atoms with Gasteiger partial charge < -0.3 is 10.2 Å². The number of imide groups is 1. The molecule has 1 atom stereocenters.